The van der Waals surface area contributed by atoms with E-state index in [1.165, 1.54) is 18.3 Å². The number of allylic oxidation sites excluding steroid dienone is 1. The number of nitrogens with two attached hydrogens (primary N) is 1. The number of aromatic amines is 1. The Morgan fingerprint density at radius 1 is 1.41 bits per heavy atom. The van der Waals surface area contributed by atoms with Crippen LogP contribution >= 0.6 is 0 Å². The van der Waals surface area contributed by atoms with Gasteiger partial charge < -0.3 is 26.2 Å². The van der Waals surface area contributed by atoms with Crippen LogP contribution in [0.1, 0.15) is 23.9 Å². The number of rotatable bonds is 7. The zero-order chi connectivity index (χ0) is 20.0. The predicted octanol–water partition coefficient (Wildman–Crippen LogP) is 2.46. The molecule has 0 bridgehead atoms. The fourth-order valence-electron chi connectivity index (χ4n) is 1.97. The summed E-state index contributed by atoms with van der Waals surface area (Å²) in [6.45, 7) is 2.06. The van der Waals surface area contributed by atoms with Crippen LogP contribution in [0.2, 0.25) is 0 Å². The number of hydrogen-bond donors (Lipinski definition) is 4. The monoisotopic (exact) mass is 382 g/mol. The lowest BCUT2D eigenvalue weighted by Crippen LogP contribution is -2.18. The number of amides is 1. The van der Waals surface area contributed by atoms with Crippen molar-refractivity contribution in [3.8, 4) is 0 Å². The van der Waals surface area contributed by atoms with Gasteiger partial charge >= 0.3 is 6.18 Å². The number of ether oxygens (including phenoxy) is 1. The number of aromatic nitrogens is 3. The lowest BCUT2D eigenvalue weighted by atomic mass is 10.1. The van der Waals surface area contributed by atoms with Crippen LogP contribution in [-0.4, -0.2) is 39.8 Å². The molecule has 11 heteroatoms. The van der Waals surface area contributed by atoms with Crippen molar-refractivity contribution in [3.05, 3.63) is 41.5 Å². The van der Waals surface area contributed by atoms with E-state index in [2.05, 4.69) is 20.3 Å². The van der Waals surface area contributed by atoms with Crippen LogP contribution in [0.25, 0.3) is 6.08 Å². The van der Waals surface area contributed by atoms with E-state index in [0.717, 1.165) is 12.3 Å². The zero-order valence-electron chi connectivity index (χ0n) is 14.2. The molecular formula is C16H17F3N6O2. The Morgan fingerprint density at radius 3 is 2.81 bits per heavy atom. The summed E-state index contributed by atoms with van der Waals surface area (Å²) in [5.41, 5.74) is 3.87. The topological polar surface area (TPSA) is 130 Å². The van der Waals surface area contributed by atoms with E-state index in [0.29, 0.717) is 18.2 Å². The summed E-state index contributed by atoms with van der Waals surface area (Å²) in [5, 5.41) is 10.4. The van der Waals surface area contributed by atoms with Gasteiger partial charge in [0.05, 0.1) is 17.5 Å². The second-order valence-corrected chi connectivity index (χ2v) is 5.27. The van der Waals surface area contributed by atoms with Gasteiger partial charge in [-0.05, 0) is 25.1 Å². The standard InChI is InChI=1S/C16H17F3N6O2/c1-2-27-8-14(26)25-13-7-22-12(24-13)4-3-11(20)9-5-10(16(17,18)19)15(21)23-6-9/h3-7,20H,2,8H2,1H3,(H2,21,23)(H,22,24)(H,25,26)/b4-3-,20-11?. The zero-order valence-corrected chi connectivity index (χ0v) is 14.2. The lowest BCUT2D eigenvalue weighted by molar-refractivity contribution is -0.137. The minimum atomic E-state index is -4.66. The molecule has 0 saturated heterocycles. The van der Waals surface area contributed by atoms with Crippen LogP contribution in [-0.2, 0) is 15.7 Å². The van der Waals surface area contributed by atoms with Gasteiger partial charge in [-0.25, -0.2) is 9.97 Å². The molecule has 2 aromatic heterocycles. The Hall–Kier alpha value is -3.21. The summed E-state index contributed by atoms with van der Waals surface area (Å²) in [6, 6.07) is 0.760. The third kappa shape index (κ3) is 5.64. The quantitative estimate of drug-likeness (QED) is 0.547. The first-order valence-electron chi connectivity index (χ1n) is 7.73. The van der Waals surface area contributed by atoms with Gasteiger partial charge in [-0.3, -0.25) is 4.79 Å². The van der Waals surface area contributed by atoms with E-state index in [1.807, 2.05) is 0 Å². The van der Waals surface area contributed by atoms with E-state index in [1.54, 1.807) is 6.92 Å². The average Bonchev–Trinajstić information content (AvgIpc) is 3.04. The summed E-state index contributed by atoms with van der Waals surface area (Å²) < 4.78 is 43.5. The number of anilines is 2. The highest BCUT2D eigenvalue weighted by atomic mass is 19.4. The highest BCUT2D eigenvalue weighted by Crippen LogP contribution is 2.33. The van der Waals surface area contributed by atoms with Gasteiger partial charge in [0, 0.05) is 18.4 Å². The maximum atomic E-state index is 12.9. The first-order chi connectivity index (χ1) is 12.7. The fraction of sp³-hybridized carbons (Fsp3) is 0.250. The van der Waals surface area contributed by atoms with E-state index in [9.17, 15) is 18.0 Å². The van der Waals surface area contributed by atoms with Gasteiger partial charge in [0.15, 0.2) is 0 Å². The third-order valence-corrected chi connectivity index (χ3v) is 3.25. The molecule has 1 amide bonds. The Bertz CT molecular complexity index is 860. The van der Waals surface area contributed by atoms with Crippen molar-refractivity contribution in [2.45, 2.75) is 13.1 Å². The van der Waals surface area contributed by atoms with Crippen LogP contribution in [0.4, 0.5) is 24.8 Å². The van der Waals surface area contributed by atoms with Gasteiger partial charge in [0.2, 0.25) is 0 Å². The number of carbonyl (C=O) groups excluding carboxylic acids is 1. The molecule has 144 valence electrons. The third-order valence-electron chi connectivity index (χ3n) is 3.25. The van der Waals surface area contributed by atoms with Gasteiger partial charge in [0.1, 0.15) is 24.1 Å². The number of imidazole rings is 1. The molecule has 2 aromatic rings. The van der Waals surface area contributed by atoms with Crippen LogP contribution in [0.3, 0.4) is 0 Å². The van der Waals surface area contributed by atoms with Crippen molar-refractivity contribution in [1.29, 1.82) is 5.41 Å². The summed E-state index contributed by atoms with van der Waals surface area (Å²) in [7, 11) is 0. The van der Waals surface area contributed by atoms with Crippen LogP contribution in [0.15, 0.2) is 24.5 Å². The number of carbonyl (C=O) groups is 1. The first kappa shape index (κ1) is 20.1. The Morgan fingerprint density at radius 2 is 2.15 bits per heavy atom. The van der Waals surface area contributed by atoms with Crippen molar-refractivity contribution in [1.82, 2.24) is 15.0 Å². The Kier molecular flexibility index (Phi) is 6.29. The average molecular weight is 382 g/mol. The highest BCUT2D eigenvalue weighted by Gasteiger charge is 2.34. The minimum absolute atomic E-state index is 0.0513. The molecule has 0 spiro atoms. The molecule has 0 aliphatic carbocycles. The first-order valence-corrected chi connectivity index (χ1v) is 7.73. The summed E-state index contributed by atoms with van der Waals surface area (Å²) in [4.78, 5) is 21.8. The maximum absolute atomic E-state index is 12.9. The number of halogens is 3. The molecule has 0 unspecified atom stereocenters. The molecule has 8 nitrogen and oxygen atoms in total. The Labute approximate surface area is 152 Å². The molecule has 0 aromatic carbocycles. The maximum Gasteiger partial charge on any atom is 0.419 e. The van der Waals surface area contributed by atoms with Crippen LogP contribution in [0.5, 0.6) is 0 Å². The second-order valence-electron chi connectivity index (χ2n) is 5.27. The van der Waals surface area contributed by atoms with Crippen molar-refractivity contribution >= 4 is 29.3 Å². The lowest BCUT2D eigenvalue weighted by Gasteiger charge is -2.10. The molecule has 0 aliphatic heterocycles. The van der Waals surface area contributed by atoms with Gasteiger partial charge in [-0.2, -0.15) is 13.2 Å². The second kappa shape index (κ2) is 8.45. The normalized spacial score (nSPS) is 11.7. The van der Waals surface area contributed by atoms with Crippen LogP contribution < -0.4 is 11.1 Å². The SMILES string of the molecule is CCOCC(=O)Nc1cnc(/C=C\C(=N)c2cnc(N)c(C(F)(F)F)c2)[nH]1. The molecule has 0 radical (unpaired) electrons. The van der Waals surface area contributed by atoms with Crippen molar-refractivity contribution in [2.24, 2.45) is 0 Å². The molecule has 0 fully saturated rings. The molecular weight excluding hydrogens is 365 g/mol. The molecule has 0 saturated carbocycles. The molecule has 0 atom stereocenters. The number of pyridine rings is 1. The molecule has 2 rings (SSSR count). The largest absolute Gasteiger partial charge is 0.419 e. The van der Waals surface area contributed by atoms with Crippen molar-refractivity contribution < 1.29 is 22.7 Å². The summed E-state index contributed by atoms with van der Waals surface area (Å²) in [5.74, 6) is -0.400. The summed E-state index contributed by atoms with van der Waals surface area (Å²) >= 11 is 0. The molecule has 0 aliphatic rings. The van der Waals surface area contributed by atoms with E-state index >= 15 is 0 Å². The number of H-pyrrole nitrogens is 1. The van der Waals surface area contributed by atoms with Crippen LogP contribution in [0, 0.1) is 5.41 Å². The summed E-state index contributed by atoms with van der Waals surface area (Å²) in [6.07, 6.45) is 0.410. The predicted molar refractivity (Wildman–Crippen MR) is 93.2 cm³/mol. The van der Waals surface area contributed by atoms with Crippen molar-refractivity contribution in [3.63, 3.8) is 0 Å². The Balaban J connectivity index is 2.06. The van der Waals surface area contributed by atoms with E-state index < -0.39 is 17.6 Å². The number of alkyl halides is 3. The minimum Gasteiger partial charge on any atom is -0.383 e. The number of hydrogen-bond acceptors (Lipinski definition) is 6. The molecule has 2 heterocycles. The number of nitrogen functional groups attached to an aromatic ring is 1. The number of nitrogens with one attached hydrogen (secondary N) is 3. The van der Waals surface area contributed by atoms with Crippen molar-refractivity contribution in [2.75, 3.05) is 24.3 Å². The van der Waals surface area contributed by atoms with Gasteiger partial charge in [-0.15, -0.1) is 0 Å². The molecule has 27 heavy (non-hydrogen) atoms. The smallest absolute Gasteiger partial charge is 0.383 e. The van der Waals surface area contributed by atoms with E-state index in [-0.39, 0.29) is 23.8 Å². The van der Waals surface area contributed by atoms with Gasteiger partial charge in [-0.1, -0.05) is 0 Å². The fourth-order valence-corrected chi connectivity index (χ4v) is 1.97. The molecule has 5 N–H and O–H groups in total. The number of nitrogens with zero attached hydrogens (tertiary/aromatic N) is 2. The van der Waals surface area contributed by atoms with E-state index in [4.69, 9.17) is 15.9 Å². The van der Waals surface area contributed by atoms with Gasteiger partial charge in [0.25, 0.3) is 5.91 Å². The highest BCUT2D eigenvalue weighted by molar-refractivity contribution is 6.08.